The first-order valence-electron chi connectivity index (χ1n) is 7.89. The lowest BCUT2D eigenvalue weighted by Gasteiger charge is -2.27. The number of nitrogens with one attached hydrogen (secondary N) is 1. The maximum atomic E-state index is 12.2. The SMILES string of the molecule is Cc1cc(NC(=O)CN2CCn3c(nnc3C(C)C)C2)n(C)n1. The molecule has 0 aliphatic carbocycles. The predicted octanol–water partition coefficient (Wildman–Crippen LogP) is 0.898. The summed E-state index contributed by atoms with van der Waals surface area (Å²) in [7, 11) is 1.82. The Morgan fingerprint density at radius 2 is 2.13 bits per heavy atom. The summed E-state index contributed by atoms with van der Waals surface area (Å²) in [5.74, 6) is 3.00. The molecule has 0 aromatic carbocycles. The van der Waals surface area contributed by atoms with Crippen molar-refractivity contribution in [2.75, 3.05) is 18.4 Å². The minimum absolute atomic E-state index is 0.0370. The van der Waals surface area contributed by atoms with Gasteiger partial charge in [0.25, 0.3) is 0 Å². The van der Waals surface area contributed by atoms with Crippen LogP contribution in [-0.4, -0.2) is 48.4 Å². The van der Waals surface area contributed by atoms with Crippen molar-refractivity contribution in [3.8, 4) is 0 Å². The van der Waals surface area contributed by atoms with E-state index in [0.717, 1.165) is 36.3 Å². The number of fused-ring (bicyclic) bond motifs is 1. The summed E-state index contributed by atoms with van der Waals surface area (Å²) in [6, 6.07) is 1.86. The molecule has 8 nitrogen and oxygen atoms in total. The standard InChI is InChI=1S/C15H23N7O/c1-10(2)15-18-17-13-8-21(5-6-22(13)15)9-14(23)16-12-7-11(3)19-20(12)4/h7,10H,5-6,8-9H2,1-4H3,(H,16,23). The van der Waals surface area contributed by atoms with Crippen LogP contribution in [0.5, 0.6) is 0 Å². The average Bonchev–Trinajstić information content (AvgIpc) is 3.02. The van der Waals surface area contributed by atoms with E-state index < -0.39 is 0 Å². The zero-order valence-electron chi connectivity index (χ0n) is 14.1. The Morgan fingerprint density at radius 1 is 1.35 bits per heavy atom. The molecule has 0 saturated carbocycles. The van der Waals surface area contributed by atoms with Crippen LogP contribution in [0.1, 0.15) is 37.1 Å². The van der Waals surface area contributed by atoms with Crippen LogP contribution >= 0.6 is 0 Å². The number of anilines is 1. The molecule has 1 aliphatic heterocycles. The second-order valence-electron chi connectivity index (χ2n) is 6.33. The van der Waals surface area contributed by atoms with Crippen molar-refractivity contribution in [1.29, 1.82) is 0 Å². The van der Waals surface area contributed by atoms with Crippen LogP contribution in [0.25, 0.3) is 0 Å². The summed E-state index contributed by atoms with van der Waals surface area (Å²) in [5.41, 5.74) is 0.884. The van der Waals surface area contributed by atoms with Crippen LogP contribution in [0.2, 0.25) is 0 Å². The number of hydrogen-bond acceptors (Lipinski definition) is 5. The summed E-state index contributed by atoms with van der Waals surface area (Å²) in [4.78, 5) is 14.3. The number of aryl methyl sites for hydroxylation is 2. The number of amides is 1. The molecule has 0 saturated heterocycles. The van der Waals surface area contributed by atoms with Gasteiger partial charge in [0, 0.05) is 32.1 Å². The summed E-state index contributed by atoms with van der Waals surface area (Å²) in [5, 5.41) is 15.7. The highest BCUT2D eigenvalue weighted by Crippen LogP contribution is 2.18. The Morgan fingerprint density at radius 3 is 2.78 bits per heavy atom. The molecule has 3 heterocycles. The van der Waals surface area contributed by atoms with Crippen molar-refractivity contribution in [2.24, 2.45) is 7.05 Å². The average molecular weight is 317 g/mol. The molecule has 0 fully saturated rings. The molecule has 0 atom stereocenters. The second kappa shape index (κ2) is 6.11. The number of rotatable bonds is 4. The van der Waals surface area contributed by atoms with Gasteiger partial charge in [0.15, 0.2) is 0 Å². The van der Waals surface area contributed by atoms with Crippen LogP contribution in [0.4, 0.5) is 5.82 Å². The number of nitrogens with zero attached hydrogens (tertiary/aromatic N) is 6. The predicted molar refractivity (Wildman–Crippen MR) is 86.0 cm³/mol. The number of aromatic nitrogens is 5. The van der Waals surface area contributed by atoms with Gasteiger partial charge in [-0.05, 0) is 6.92 Å². The highest BCUT2D eigenvalue weighted by Gasteiger charge is 2.23. The molecule has 0 unspecified atom stereocenters. The first kappa shape index (κ1) is 15.7. The van der Waals surface area contributed by atoms with Gasteiger partial charge in [-0.1, -0.05) is 13.8 Å². The molecule has 0 radical (unpaired) electrons. The van der Waals surface area contributed by atoms with Crippen LogP contribution in [0.15, 0.2) is 6.07 Å². The molecule has 2 aromatic rings. The van der Waals surface area contributed by atoms with Gasteiger partial charge in [0.1, 0.15) is 17.5 Å². The molecule has 3 rings (SSSR count). The highest BCUT2D eigenvalue weighted by atomic mass is 16.2. The molecule has 23 heavy (non-hydrogen) atoms. The van der Waals surface area contributed by atoms with E-state index in [1.807, 2.05) is 20.0 Å². The van der Waals surface area contributed by atoms with E-state index in [-0.39, 0.29) is 5.91 Å². The van der Waals surface area contributed by atoms with E-state index in [4.69, 9.17) is 0 Å². The van der Waals surface area contributed by atoms with Crippen LogP contribution < -0.4 is 5.32 Å². The third-order valence-corrected chi connectivity index (χ3v) is 4.01. The molecular formula is C15H23N7O. The van der Waals surface area contributed by atoms with E-state index in [2.05, 4.69) is 43.9 Å². The van der Waals surface area contributed by atoms with Crippen LogP contribution in [-0.2, 0) is 24.9 Å². The molecule has 1 aliphatic rings. The monoisotopic (exact) mass is 317 g/mol. The van der Waals surface area contributed by atoms with Gasteiger partial charge >= 0.3 is 0 Å². The second-order valence-corrected chi connectivity index (χ2v) is 6.33. The lowest BCUT2D eigenvalue weighted by atomic mass is 10.2. The van der Waals surface area contributed by atoms with E-state index in [9.17, 15) is 4.79 Å². The first-order valence-corrected chi connectivity index (χ1v) is 7.89. The molecule has 0 spiro atoms. The fraction of sp³-hybridized carbons (Fsp3) is 0.600. The minimum Gasteiger partial charge on any atom is -0.312 e. The third kappa shape index (κ3) is 3.26. The fourth-order valence-electron chi connectivity index (χ4n) is 2.91. The zero-order chi connectivity index (χ0) is 16.6. The third-order valence-electron chi connectivity index (χ3n) is 4.01. The van der Waals surface area contributed by atoms with Crippen molar-refractivity contribution >= 4 is 11.7 Å². The molecule has 8 heteroatoms. The Hall–Kier alpha value is -2.22. The van der Waals surface area contributed by atoms with Gasteiger partial charge in [0.2, 0.25) is 5.91 Å². The Kier molecular flexibility index (Phi) is 4.16. The van der Waals surface area contributed by atoms with Gasteiger partial charge in [-0.3, -0.25) is 14.4 Å². The quantitative estimate of drug-likeness (QED) is 0.906. The Bertz CT molecular complexity index is 715. The maximum Gasteiger partial charge on any atom is 0.239 e. The normalized spacial score (nSPS) is 15.0. The van der Waals surface area contributed by atoms with Crippen molar-refractivity contribution in [1.82, 2.24) is 29.4 Å². The lowest BCUT2D eigenvalue weighted by molar-refractivity contribution is -0.117. The van der Waals surface area contributed by atoms with E-state index in [1.54, 1.807) is 4.68 Å². The summed E-state index contributed by atoms with van der Waals surface area (Å²) in [6.07, 6.45) is 0. The van der Waals surface area contributed by atoms with Gasteiger partial charge in [-0.15, -0.1) is 10.2 Å². The summed E-state index contributed by atoms with van der Waals surface area (Å²) in [6.45, 7) is 8.78. The van der Waals surface area contributed by atoms with Gasteiger partial charge in [-0.25, -0.2) is 0 Å². The van der Waals surface area contributed by atoms with Crippen molar-refractivity contribution in [3.05, 3.63) is 23.4 Å². The molecule has 124 valence electrons. The molecular weight excluding hydrogens is 294 g/mol. The number of carbonyl (C=O) groups excluding carboxylic acids is 1. The van der Waals surface area contributed by atoms with Gasteiger partial charge in [0.05, 0.1) is 18.8 Å². The largest absolute Gasteiger partial charge is 0.312 e. The topological polar surface area (TPSA) is 80.9 Å². The van der Waals surface area contributed by atoms with Crippen LogP contribution in [0, 0.1) is 6.92 Å². The Labute approximate surface area is 135 Å². The van der Waals surface area contributed by atoms with Crippen molar-refractivity contribution in [3.63, 3.8) is 0 Å². The van der Waals surface area contributed by atoms with E-state index in [0.29, 0.717) is 19.0 Å². The maximum absolute atomic E-state index is 12.2. The lowest BCUT2D eigenvalue weighted by Crippen LogP contribution is -2.39. The fourth-order valence-corrected chi connectivity index (χ4v) is 2.91. The number of carbonyl (C=O) groups is 1. The van der Waals surface area contributed by atoms with Crippen LogP contribution in [0.3, 0.4) is 0 Å². The van der Waals surface area contributed by atoms with Gasteiger partial charge < -0.3 is 9.88 Å². The molecule has 1 amide bonds. The molecule has 0 bridgehead atoms. The highest BCUT2D eigenvalue weighted by molar-refractivity contribution is 5.91. The minimum atomic E-state index is -0.0370. The zero-order valence-corrected chi connectivity index (χ0v) is 14.1. The van der Waals surface area contributed by atoms with Crippen molar-refractivity contribution in [2.45, 2.75) is 39.8 Å². The summed E-state index contributed by atoms with van der Waals surface area (Å²) >= 11 is 0. The Balaban J connectivity index is 1.61. The number of hydrogen-bond donors (Lipinski definition) is 1. The van der Waals surface area contributed by atoms with E-state index in [1.165, 1.54) is 0 Å². The van der Waals surface area contributed by atoms with E-state index >= 15 is 0 Å². The van der Waals surface area contributed by atoms with Crippen molar-refractivity contribution < 1.29 is 4.79 Å². The molecule has 1 N–H and O–H groups in total. The molecule has 2 aromatic heterocycles. The van der Waals surface area contributed by atoms with Gasteiger partial charge in [-0.2, -0.15) is 5.10 Å². The smallest absolute Gasteiger partial charge is 0.239 e. The summed E-state index contributed by atoms with van der Waals surface area (Å²) < 4.78 is 3.85. The first-order chi connectivity index (χ1) is 10.9.